The molecule has 1 unspecified atom stereocenters. The molecule has 0 heterocycles. The van der Waals surface area contributed by atoms with Crippen molar-refractivity contribution >= 4 is 0 Å². The quantitative estimate of drug-likeness (QED) is 0.767. The third-order valence-corrected chi connectivity index (χ3v) is 3.89. The first kappa shape index (κ1) is 14.8. The van der Waals surface area contributed by atoms with Crippen LogP contribution in [-0.2, 0) is 6.42 Å². The van der Waals surface area contributed by atoms with Crippen LogP contribution in [-0.4, -0.2) is 5.11 Å². The summed E-state index contributed by atoms with van der Waals surface area (Å²) in [6.07, 6.45) is 3.91. The molecule has 0 radical (unpaired) electrons. The minimum atomic E-state index is -0.347. The Bertz CT molecular complexity index is 478. The van der Waals surface area contributed by atoms with Crippen LogP contribution in [0.3, 0.4) is 0 Å². The van der Waals surface area contributed by atoms with E-state index in [9.17, 15) is 5.11 Å². The number of aliphatic hydroxyl groups excluding tert-OH is 1. The third-order valence-electron chi connectivity index (χ3n) is 3.89. The topological polar surface area (TPSA) is 20.2 Å². The standard InChI is InChI=1S/C19H24O/c1-2-9-17(15-14-16-10-5-3-6-11-16)19(20)18-12-7-4-8-13-18/h3-8,10-13,17,19-20H,2,9,14-15H2,1H3/t17?,19-/m1/s1. The Balaban J connectivity index is 1.99. The fourth-order valence-corrected chi connectivity index (χ4v) is 2.75. The maximum atomic E-state index is 10.6. The lowest BCUT2D eigenvalue weighted by Crippen LogP contribution is -2.13. The molecule has 2 aromatic carbocycles. The Labute approximate surface area is 122 Å². The van der Waals surface area contributed by atoms with E-state index in [-0.39, 0.29) is 6.10 Å². The second-order valence-corrected chi connectivity index (χ2v) is 5.43. The van der Waals surface area contributed by atoms with E-state index in [2.05, 4.69) is 31.2 Å². The van der Waals surface area contributed by atoms with Crippen molar-refractivity contribution < 1.29 is 5.11 Å². The predicted molar refractivity (Wildman–Crippen MR) is 84.6 cm³/mol. The molecule has 1 nitrogen and oxygen atoms in total. The van der Waals surface area contributed by atoms with Gasteiger partial charge >= 0.3 is 0 Å². The SMILES string of the molecule is CCCC(CCc1ccccc1)[C@@H](O)c1ccccc1. The molecule has 106 valence electrons. The van der Waals surface area contributed by atoms with Crippen LogP contribution in [0.2, 0.25) is 0 Å². The zero-order chi connectivity index (χ0) is 14.2. The molecule has 20 heavy (non-hydrogen) atoms. The van der Waals surface area contributed by atoms with Crippen molar-refractivity contribution in [2.24, 2.45) is 5.92 Å². The molecule has 0 saturated heterocycles. The molecule has 0 aliphatic heterocycles. The summed E-state index contributed by atoms with van der Waals surface area (Å²) in [7, 11) is 0. The van der Waals surface area contributed by atoms with Gasteiger partial charge in [-0.15, -0.1) is 0 Å². The average Bonchev–Trinajstić information content (AvgIpc) is 2.52. The Kier molecular flexibility index (Phi) is 5.82. The van der Waals surface area contributed by atoms with Crippen LogP contribution in [0.1, 0.15) is 43.4 Å². The lowest BCUT2D eigenvalue weighted by molar-refractivity contribution is 0.0971. The summed E-state index contributed by atoms with van der Waals surface area (Å²) in [6, 6.07) is 20.6. The Morgan fingerprint density at radius 1 is 0.850 bits per heavy atom. The van der Waals surface area contributed by atoms with Gasteiger partial charge in [0.15, 0.2) is 0 Å². The van der Waals surface area contributed by atoms with Gasteiger partial charge in [0.05, 0.1) is 6.10 Å². The van der Waals surface area contributed by atoms with Crippen LogP contribution in [0, 0.1) is 5.92 Å². The smallest absolute Gasteiger partial charge is 0.0818 e. The van der Waals surface area contributed by atoms with Gasteiger partial charge < -0.3 is 5.11 Å². The summed E-state index contributed by atoms with van der Waals surface area (Å²) in [5, 5.41) is 10.6. The van der Waals surface area contributed by atoms with E-state index >= 15 is 0 Å². The Morgan fingerprint density at radius 2 is 1.45 bits per heavy atom. The molecule has 0 amide bonds. The van der Waals surface area contributed by atoms with E-state index in [0.29, 0.717) is 5.92 Å². The van der Waals surface area contributed by atoms with Gasteiger partial charge in [0.1, 0.15) is 0 Å². The van der Waals surface area contributed by atoms with E-state index in [1.165, 1.54) is 5.56 Å². The first-order chi connectivity index (χ1) is 9.81. The summed E-state index contributed by atoms with van der Waals surface area (Å²) in [5.41, 5.74) is 2.40. The van der Waals surface area contributed by atoms with Gasteiger partial charge in [-0.05, 0) is 36.3 Å². The minimum absolute atomic E-state index is 0.336. The summed E-state index contributed by atoms with van der Waals surface area (Å²) in [6.45, 7) is 2.19. The largest absolute Gasteiger partial charge is 0.388 e. The zero-order valence-electron chi connectivity index (χ0n) is 12.2. The van der Waals surface area contributed by atoms with E-state index in [0.717, 1.165) is 31.2 Å². The lowest BCUT2D eigenvalue weighted by atomic mass is 9.87. The molecular weight excluding hydrogens is 244 g/mol. The van der Waals surface area contributed by atoms with Gasteiger partial charge in [-0.3, -0.25) is 0 Å². The first-order valence-electron chi connectivity index (χ1n) is 7.58. The highest BCUT2D eigenvalue weighted by molar-refractivity contribution is 5.19. The highest BCUT2D eigenvalue weighted by Gasteiger charge is 2.19. The second-order valence-electron chi connectivity index (χ2n) is 5.43. The number of aryl methyl sites for hydroxylation is 1. The number of hydrogen-bond donors (Lipinski definition) is 1. The summed E-state index contributed by atoms with van der Waals surface area (Å²) >= 11 is 0. The maximum absolute atomic E-state index is 10.6. The van der Waals surface area contributed by atoms with E-state index < -0.39 is 0 Å². The van der Waals surface area contributed by atoms with E-state index in [1.54, 1.807) is 0 Å². The molecule has 0 fully saturated rings. The first-order valence-corrected chi connectivity index (χ1v) is 7.58. The molecule has 0 bridgehead atoms. The van der Waals surface area contributed by atoms with Crippen molar-refractivity contribution in [3.05, 3.63) is 71.8 Å². The maximum Gasteiger partial charge on any atom is 0.0818 e. The molecular formula is C19H24O. The Hall–Kier alpha value is -1.60. The predicted octanol–water partition coefficient (Wildman–Crippen LogP) is 4.77. The second kappa shape index (κ2) is 7.86. The van der Waals surface area contributed by atoms with Crippen molar-refractivity contribution in [3.63, 3.8) is 0 Å². The van der Waals surface area contributed by atoms with Crippen LogP contribution in [0.4, 0.5) is 0 Å². The van der Waals surface area contributed by atoms with Crippen molar-refractivity contribution in [3.8, 4) is 0 Å². The van der Waals surface area contributed by atoms with Gasteiger partial charge in [0.25, 0.3) is 0 Å². The molecule has 2 rings (SSSR count). The molecule has 1 N–H and O–H groups in total. The minimum Gasteiger partial charge on any atom is -0.388 e. The molecule has 0 aliphatic carbocycles. The van der Waals surface area contributed by atoms with Gasteiger partial charge in [-0.2, -0.15) is 0 Å². The van der Waals surface area contributed by atoms with Crippen LogP contribution in [0.5, 0.6) is 0 Å². The van der Waals surface area contributed by atoms with Crippen molar-refractivity contribution in [1.29, 1.82) is 0 Å². The summed E-state index contributed by atoms with van der Waals surface area (Å²) in [5.74, 6) is 0.336. The van der Waals surface area contributed by atoms with Crippen LogP contribution in [0.25, 0.3) is 0 Å². The van der Waals surface area contributed by atoms with Crippen molar-refractivity contribution in [2.45, 2.75) is 38.7 Å². The van der Waals surface area contributed by atoms with Crippen LogP contribution < -0.4 is 0 Å². The highest BCUT2D eigenvalue weighted by Crippen LogP contribution is 2.29. The fraction of sp³-hybridized carbons (Fsp3) is 0.368. The fourth-order valence-electron chi connectivity index (χ4n) is 2.75. The van der Waals surface area contributed by atoms with Crippen molar-refractivity contribution in [1.82, 2.24) is 0 Å². The van der Waals surface area contributed by atoms with E-state index in [4.69, 9.17) is 0 Å². The van der Waals surface area contributed by atoms with Gasteiger partial charge in [-0.25, -0.2) is 0 Å². The Morgan fingerprint density at radius 3 is 2.05 bits per heavy atom. The number of rotatable bonds is 7. The van der Waals surface area contributed by atoms with Crippen LogP contribution >= 0.6 is 0 Å². The molecule has 0 saturated carbocycles. The molecule has 0 spiro atoms. The normalized spacial score (nSPS) is 13.9. The van der Waals surface area contributed by atoms with Crippen molar-refractivity contribution in [2.75, 3.05) is 0 Å². The van der Waals surface area contributed by atoms with E-state index in [1.807, 2.05) is 36.4 Å². The summed E-state index contributed by atoms with van der Waals surface area (Å²) < 4.78 is 0. The number of aliphatic hydroxyl groups is 1. The molecule has 0 aromatic heterocycles. The average molecular weight is 268 g/mol. The highest BCUT2D eigenvalue weighted by atomic mass is 16.3. The van der Waals surface area contributed by atoms with Gasteiger partial charge in [-0.1, -0.05) is 74.0 Å². The van der Waals surface area contributed by atoms with Gasteiger partial charge in [0.2, 0.25) is 0 Å². The molecule has 2 aromatic rings. The molecule has 0 aliphatic rings. The zero-order valence-corrected chi connectivity index (χ0v) is 12.2. The molecule has 1 heteroatoms. The monoisotopic (exact) mass is 268 g/mol. The lowest BCUT2D eigenvalue weighted by Gasteiger charge is -2.23. The number of benzene rings is 2. The van der Waals surface area contributed by atoms with Gasteiger partial charge in [0, 0.05) is 0 Å². The third kappa shape index (κ3) is 4.21. The summed E-state index contributed by atoms with van der Waals surface area (Å²) in [4.78, 5) is 0. The number of hydrogen-bond acceptors (Lipinski definition) is 1. The van der Waals surface area contributed by atoms with Crippen LogP contribution in [0.15, 0.2) is 60.7 Å². The molecule has 2 atom stereocenters.